The van der Waals surface area contributed by atoms with Crippen molar-refractivity contribution in [3.63, 3.8) is 0 Å². The lowest BCUT2D eigenvalue weighted by Gasteiger charge is -2.15. The zero-order chi connectivity index (χ0) is 12.4. The molecule has 0 amide bonds. The normalized spacial score (nSPS) is 10.2. The molecule has 0 aliphatic rings. The molecule has 0 atom stereocenters. The number of rotatable bonds is 2. The number of carbonyl (C=O) groups is 1. The highest BCUT2D eigenvalue weighted by Crippen LogP contribution is 2.29. The van der Waals surface area contributed by atoms with Crippen LogP contribution < -0.4 is 5.11 Å². The molecule has 2 nitrogen and oxygen atoms in total. The first-order valence-electron chi connectivity index (χ1n) is 5.48. The van der Waals surface area contributed by atoms with Gasteiger partial charge in [0.2, 0.25) is 0 Å². The highest BCUT2D eigenvalue weighted by atomic mass is 16.4. The first-order valence-corrected chi connectivity index (χ1v) is 5.48. The molecule has 2 aromatic rings. The zero-order valence-electron chi connectivity index (χ0n) is 9.86. The average molecular weight is 225 g/mol. The molecule has 2 aromatic carbocycles. The van der Waals surface area contributed by atoms with E-state index in [0.29, 0.717) is 0 Å². The van der Waals surface area contributed by atoms with Crippen LogP contribution in [0.1, 0.15) is 21.5 Å². The summed E-state index contributed by atoms with van der Waals surface area (Å²) >= 11 is 0. The third-order valence-corrected chi connectivity index (χ3v) is 3.02. The van der Waals surface area contributed by atoms with E-state index in [1.165, 1.54) is 0 Å². The highest BCUT2D eigenvalue weighted by molar-refractivity contribution is 5.96. The van der Waals surface area contributed by atoms with Gasteiger partial charge in [0.1, 0.15) is 0 Å². The van der Waals surface area contributed by atoms with Crippen molar-refractivity contribution in [1.29, 1.82) is 0 Å². The molecule has 17 heavy (non-hydrogen) atoms. The van der Waals surface area contributed by atoms with Gasteiger partial charge in [-0.3, -0.25) is 0 Å². The summed E-state index contributed by atoms with van der Waals surface area (Å²) in [6.45, 7) is 3.91. The molecule has 0 bridgehead atoms. The second-order valence-electron chi connectivity index (χ2n) is 4.08. The molecule has 0 unspecified atom stereocenters. The Kier molecular flexibility index (Phi) is 2.96. The Balaban J connectivity index is 2.74. The van der Waals surface area contributed by atoms with Gasteiger partial charge in [-0.05, 0) is 36.1 Å². The van der Waals surface area contributed by atoms with Crippen LogP contribution in [0.2, 0.25) is 0 Å². The van der Waals surface area contributed by atoms with Crippen LogP contribution in [0.5, 0.6) is 0 Å². The van der Waals surface area contributed by atoms with E-state index in [-0.39, 0.29) is 5.56 Å². The lowest BCUT2D eigenvalue weighted by molar-refractivity contribution is -0.254. The lowest BCUT2D eigenvalue weighted by atomic mass is 9.92. The Morgan fingerprint density at radius 1 is 1.00 bits per heavy atom. The van der Waals surface area contributed by atoms with Gasteiger partial charge in [0, 0.05) is 5.56 Å². The Morgan fingerprint density at radius 3 is 2.24 bits per heavy atom. The van der Waals surface area contributed by atoms with Crippen LogP contribution in [0, 0.1) is 13.8 Å². The van der Waals surface area contributed by atoms with Crippen LogP contribution in [0.25, 0.3) is 11.1 Å². The van der Waals surface area contributed by atoms with Gasteiger partial charge in [0.15, 0.2) is 0 Å². The maximum absolute atomic E-state index is 11.1. The second kappa shape index (κ2) is 4.42. The summed E-state index contributed by atoms with van der Waals surface area (Å²) in [7, 11) is 0. The third kappa shape index (κ3) is 2.07. The van der Waals surface area contributed by atoms with Crippen LogP contribution in [0.3, 0.4) is 0 Å². The molecular formula is C15H13O2-. The quantitative estimate of drug-likeness (QED) is 0.787. The second-order valence-corrected chi connectivity index (χ2v) is 4.08. The van der Waals surface area contributed by atoms with Crippen LogP contribution in [-0.4, -0.2) is 5.97 Å². The van der Waals surface area contributed by atoms with Crippen molar-refractivity contribution in [1.82, 2.24) is 0 Å². The minimum Gasteiger partial charge on any atom is -0.545 e. The summed E-state index contributed by atoms with van der Waals surface area (Å²) in [5, 5.41) is 11.1. The van der Waals surface area contributed by atoms with Gasteiger partial charge >= 0.3 is 0 Å². The van der Waals surface area contributed by atoms with Crippen LogP contribution >= 0.6 is 0 Å². The molecule has 0 saturated carbocycles. The van der Waals surface area contributed by atoms with Crippen molar-refractivity contribution in [3.8, 4) is 11.1 Å². The predicted molar refractivity (Wildman–Crippen MR) is 65.7 cm³/mol. The standard InChI is InChI=1S/C15H14O2/c1-10-8-9-13(15(16)17)14(11(10)2)12-6-4-3-5-7-12/h3-9H,1-2H3,(H,16,17)/p-1. The highest BCUT2D eigenvalue weighted by Gasteiger charge is 2.10. The van der Waals surface area contributed by atoms with Gasteiger partial charge in [-0.15, -0.1) is 0 Å². The number of carboxylic acids is 1. The summed E-state index contributed by atoms with van der Waals surface area (Å²) in [4.78, 5) is 11.1. The van der Waals surface area contributed by atoms with Crippen LogP contribution in [-0.2, 0) is 0 Å². The summed E-state index contributed by atoms with van der Waals surface area (Å²) in [6.07, 6.45) is 0. The van der Waals surface area contributed by atoms with E-state index in [9.17, 15) is 9.90 Å². The van der Waals surface area contributed by atoms with Crippen molar-refractivity contribution < 1.29 is 9.90 Å². The van der Waals surface area contributed by atoms with Crippen molar-refractivity contribution in [2.24, 2.45) is 0 Å². The predicted octanol–water partition coefficient (Wildman–Crippen LogP) is 2.33. The van der Waals surface area contributed by atoms with Gasteiger partial charge in [-0.2, -0.15) is 0 Å². The Morgan fingerprint density at radius 2 is 1.65 bits per heavy atom. The zero-order valence-corrected chi connectivity index (χ0v) is 9.86. The molecule has 0 aliphatic heterocycles. The van der Waals surface area contributed by atoms with E-state index >= 15 is 0 Å². The maximum Gasteiger partial charge on any atom is 0.0721 e. The molecule has 2 rings (SSSR count). The third-order valence-electron chi connectivity index (χ3n) is 3.02. The molecule has 0 saturated heterocycles. The Bertz CT molecular complexity index is 557. The number of aromatic carboxylic acids is 1. The number of carbonyl (C=O) groups excluding carboxylic acids is 1. The SMILES string of the molecule is Cc1ccc(C(=O)[O-])c(-c2ccccc2)c1C. The molecule has 86 valence electrons. The molecule has 0 radical (unpaired) electrons. The van der Waals surface area contributed by atoms with Crippen molar-refractivity contribution in [2.45, 2.75) is 13.8 Å². The summed E-state index contributed by atoms with van der Waals surface area (Å²) in [6, 6.07) is 13.0. The van der Waals surface area contributed by atoms with Gasteiger partial charge in [-0.25, -0.2) is 0 Å². The number of hydrogen-bond donors (Lipinski definition) is 0. The molecule has 0 fully saturated rings. The van der Waals surface area contributed by atoms with Gasteiger partial charge in [-0.1, -0.05) is 42.5 Å². The van der Waals surface area contributed by atoms with E-state index in [1.54, 1.807) is 6.07 Å². The molecule has 2 heteroatoms. The molecule has 0 heterocycles. The van der Waals surface area contributed by atoms with E-state index in [4.69, 9.17) is 0 Å². The molecule has 0 N–H and O–H groups in total. The maximum atomic E-state index is 11.1. The van der Waals surface area contributed by atoms with Crippen LogP contribution in [0.15, 0.2) is 42.5 Å². The fourth-order valence-corrected chi connectivity index (χ4v) is 1.96. The summed E-state index contributed by atoms with van der Waals surface area (Å²) in [5.74, 6) is -1.13. The molecule has 0 aromatic heterocycles. The topological polar surface area (TPSA) is 40.1 Å². The van der Waals surface area contributed by atoms with E-state index in [2.05, 4.69) is 0 Å². The van der Waals surface area contributed by atoms with Crippen LogP contribution in [0.4, 0.5) is 0 Å². The Hall–Kier alpha value is -2.09. The smallest absolute Gasteiger partial charge is 0.0721 e. The Labute approximate surface area is 101 Å². The monoisotopic (exact) mass is 225 g/mol. The average Bonchev–Trinajstić information content (AvgIpc) is 2.33. The first-order chi connectivity index (χ1) is 8.11. The minimum absolute atomic E-state index is 0.249. The minimum atomic E-state index is -1.13. The van der Waals surface area contributed by atoms with Gasteiger partial charge in [0.05, 0.1) is 5.97 Å². The van der Waals surface area contributed by atoms with E-state index in [1.807, 2.05) is 50.2 Å². The fourth-order valence-electron chi connectivity index (χ4n) is 1.96. The van der Waals surface area contributed by atoms with Crippen molar-refractivity contribution >= 4 is 5.97 Å². The largest absolute Gasteiger partial charge is 0.545 e. The van der Waals surface area contributed by atoms with Gasteiger partial charge < -0.3 is 9.90 Å². The van der Waals surface area contributed by atoms with E-state index < -0.39 is 5.97 Å². The van der Waals surface area contributed by atoms with Gasteiger partial charge in [0.25, 0.3) is 0 Å². The first kappa shape index (κ1) is 11.4. The van der Waals surface area contributed by atoms with Crippen molar-refractivity contribution in [3.05, 3.63) is 59.2 Å². The number of carboxylic acid groups (broad SMARTS) is 1. The summed E-state index contributed by atoms with van der Waals surface area (Å²) < 4.78 is 0. The fraction of sp³-hybridized carbons (Fsp3) is 0.133. The number of hydrogen-bond acceptors (Lipinski definition) is 2. The number of aryl methyl sites for hydroxylation is 1. The lowest BCUT2D eigenvalue weighted by Crippen LogP contribution is -2.23. The van der Waals surface area contributed by atoms with Crippen molar-refractivity contribution in [2.75, 3.05) is 0 Å². The molecular weight excluding hydrogens is 212 g/mol. The molecule has 0 spiro atoms. The summed E-state index contributed by atoms with van der Waals surface area (Å²) in [5.41, 5.74) is 3.98. The number of benzene rings is 2. The van der Waals surface area contributed by atoms with E-state index in [0.717, 1.165) is 22.3 Å². The molecule has 0 aliphatic carbocycles.